The van der Waals surface area contributed by atoms with E-state index in [4.69, 9.17) is 28.9 Å². The Morgan fingerprint density at radius 3 is 2.40 bits per heavy atom. The van der Waals surface area contributed by atoms with E-state index in [1.54, 1.807) is 12.1 Å². The molecule has 2 aromatic carbocycles. The van der Waals surface area contributed by atoms with Crippen LogP contribution < -0.4 is 5.73 Å². The van der Waals surface area contributed by atoms with Gasteiger partial charge in [0.2, 0.25) is 0 Å². The SMILES string of the molecule is NCC(Cc1cccc(Cl)c1)Cc1ccc(Cl)cc1F. The molecule has 0 aliphatic carbocycles. The second-order valence-electron chi connectivity index (χ2n) is 4.88. The number of hydrogen-bond acceptors (Lipinski definition) is 1. The molecular formula is C16H16Cl2FN. The molecule has 0 aliphatic rings. The van der Waals surface area contributed by atoms with E-state index in [1.165, 1.54) is 6.07 Å². The number of rotatable bonds is 5. The molecule has 1 nitrogen and oxygen atoms in total. The maximum atomic E-state index is 13.8. The van der Waals surface area contributed by atoms with Crippen molar-refractivity contribution in [3.05, 3.63) is 69.5 Å². The Hall–Kier alpha value is -1.09. The molecule has 1 atom stereocenters. The number of halogens is 3. The fourth-order valence-corrected chi connectivity index (χ4v) is 2.61. The molecule has 2 aromatic rings. The fourth-order valence-electron chi connectivity index (χ4n) is 2.23. The molecule has 0 radical (unpaired) electrons. The van der Waals surface area contributed by atoms with Crippen LogP contribution in [0.3, 0.4) is 0 Å². The zero-order valence-electron chi connectivity index (χ0n) is 11.0. The number of nitrogens with two attached hydrogens (primary N) is 1. The van der Waals surface area contributed by atoms with Crippen LogP contribution in [0.4, 0.5) is 4.39 Å². The standard InChI is InChI=1S/C16H16Cl2FN/c17-14-3-1-2-11(8-14)6-12(10-20)7-13-4-5-15(18)9-16(13)19/h1-5,8-9,12H,6-7,10,20H2. The molecule has 0 fully saturated rings. The van der Waals surface area contributed by atoms with Crippen LogP contribution in [0.1, 0.15) is 11.1 Å². The van der Waals surface area contributed by atoms with Crippen LogP contribution in [0, 0.1) is 11.7 Å². The molecule has 20 heavy (non-hydrogen) atoms. The fraction of sp³-hybridized carbons (Fsp3) is 0.250. The summed E-state index contributed by atoms with van der Waals surface area (Å²) in [4.78, 5) is 0. The summed E-state index contributed by atoms with van der Waals surface area (Å²) in [6.45, 7) is 0.495. The van der Waals surface area contributed by atoms with Crippen LogP contribution in [-0.4, -0.2) is 6.54 Å². The second-order valence-corrected chi connectivity index (χ2v) is 5.75. The maximum Gasteiger partial charge on any atom is 0.127 e. The third-order valence-electron chi connectivity index (χ3n) is 3.27. The van der Waals surface area contributed by atoms with Gasteiger partial charge >= 0.3 is 0 Å². The Morgan fingerprint density at radius 2 is 1.75 bits per heavy atom. The summed E-state index contributed by atoms with van der Waals surface area (Å²) in [6, 6.07) is 12.4. The minimum atomic E-state index is -0.276. The van der Waals surface area contributed by atoms with E-state index < -0.39 is 0 Å². The van der Waals surface area contributed by atoms with Gasteiger partial charge in [-0.3, -0.25) is 0 Å². The van der Waals surface area contributed by atoms with Crippen LogP contribution in [-0.2, 0) is 12.8 Å². The van der Waals surface area contributed by atoms with Gasteiger partial charge in [-0.05, 0) is 60.7 Å². The highest BCUT2D eigenvalue weighted by atomic mass is 35.5. The van der Waals surface area contributed by atoms with E-state index in [0.29, 0.717) is 28.6 Å². The summed E-state index contributed by atoms with van der Waals surface area (Å²) in [5.74, 6) is -0.105. The topological polar surface area (TPSA) is 26.0 Å². The third kappa shape index (κ3) is 4.20. The van der Waals surface area contributed by atoms with Crippen LogP contribution >= 0.6 is 23.2 Å². The summed E-state index contributed by atoms with van der Waals surface area (Å²) >= 11 is 11.7. The van der Waals surface area contributed by atoms with Crippen LogP contribution in [0.5, 0.6) is 0 Å². The van der Waals surface area contributed by atoms with Gasteiger partial charge in [0.1, 0.15) is 5.82 Å². The van der Waals surface area contributed by atoms with Crippen LogP contribution in [0.2, 0.25) is 10.0 Å². The van der Waals surface area contributed by atoms with Crippen molar-refractivity contribution in [2.45, 2.75) is 12.8 Å². The van der Waals surface area contributed by atoms with Crippen molar-refractivity contribution in [1.82, 2.24) is 0 Å². The third-order valence-corrected chi connectivity index (χ3v) is 3.74. The zero-order chi connectivity index (χ0) is 14.5. The molecule has 2 rings (SSSR count). The van der Waals surface area contributed by atoms with E-state index in [2.05, 4.69) is 0 Å². The van der Waals surface area contributed by atoms with Gasteiger partial charge < -0.3 is 5.73 Å². The summed E-state index contributed by atoms with van der Waals surface area (Å²) in [5.41, 5.74) is 7.56. The molecule has 0 aromatic heterocycles. The van der Waals surface area contributed by atoms with Crippen molar-refractivity contribution in [3.8, 4) is 0 Å². The molecular weight excluding hydrogens is 296 g/mol. The minimum absolute atomic E-state index is 0.171. The van der Waals surface area contributed by atoms with Crippen molar-refractivity contribution in [2.75, 3.05) is 6.54 Å². The number of hydrogen-bond donors (Lipinski definition) is 1. The van der Waals surface area contributed by atoms with Crippen molar-refractivity contribution in [1.29, 1.82) is 0 Å². The van der Waals surface area contributed by atoms with Crippen molar-refractivity contribution < 1.29 is 4.39 Å². The second kappa shape index (κ2) is 7.07. The lowest BCUT2D eigenvalue weighted by Gasteiger charge is -2.15. The van der Waals surface area contributed by atoms with Gasteiger partial charge in [0.15, 0.2) is 0 Å². The Balaban J connectivity index is 2.09. The lowest BCUT2D eigenvalue weighted by Crippen LogP contribution is -2.20. The monoisotopic (exact) mass is 311 g/mol. The molecule has 0 bridgehead atoms. The molecule has 0 saturated carbocycles. The first-order chi connectivity index (χ1) is 9.58. The van der Waals surface area contributed by atoms with Gasteiger partial charge in [0.05, 0.1) is 0 Å². The van der Waals surface area contributed by atoms with Gasteiger partial charge in [-0.25, -0.2) is 4.39 Å². The Bertz CT molecular complexity index is 586. The molecule has 1 unspecified atom stereocenters. The molecule has 4 heteroatoms. The van der Waals surface area contributed by atoms with Gasteiger partial charge in [-0.1, -0.05) is 41.4 Å². The van der Waals surface area contributed by atoms with E-state index in [-0.39, 0.29) is 11.7 Å². The lowest BCUT2D eigenvalue weighted by molar-refractivity contribution is 0.512. The van der Waals surface area contributed by atoms with E-state index >= 15 is 0 Å². The summed E-state index contributed by atoms with van der Waals surface area (Å²) in [7, 11) is 0. The average Bonchev–Trinajstić information content (AvgIpc) is 2.41. The van der Waals surface area contributed by atoms with E-state index in [1.807, 2.05) is 24.3 Å². The Kier molecular flexibility index (Phi) is 5.41. The molecule has 0 amide bonds. The number of benzene rings is 2. The van der Waals surface area contributed by atoms with Crippen molar-refractivity contribution in [3.63, 3.8) is 0 Å². The molecule has 0 spiro atoms. The average molecular weight is 312 g/mol. The minimum Gasteiger partial charge on any atom is -0.330 e. The summed E-state index contributed by atoms with van der Waals surface area (Å²) < 4.78 is 13.8. The largest absolute Gasteiger partial charge is 0.330 e. The summed E-state index contributed by atoms with van der Waals surface area (Å²) in [6.07, 6.45) is 1.37. The molecule has 0 aliphatic heterocycles. The van der Waals surface area contributed by atoms with E-state index in [0.717, 1.165) is 12.0 Å². The van der Waals surface area contributed by atoms with E-state index in [9.17, 15) is 4.39 Å². The van der Waals surface area contributed by atoms with Gasteiger partial charge in [0, 0.05) is 10.0 Å². The zero-order valence-corrected chi connectivity index (χ0v) is 12.5. The first kappa shape index (κ1) is 15.3. The van der Waals surface area contributed by atoms with Crippen LogP contribution in [0.25, 0.3) is 0 Å². The van der Waals surface area contributed by atoms with Gasteiger partial charge in [-0.2, -0.15) is 0 Å². The molecule has 2 N–H and O–H groups in total. The highest BCUT2D eigenvalue weighted by Gasteiger charge is 2.12. The quantitative estimate of drug-likeness (QED) is 0.865. The van der Waals surface area contributed by atoms with Gasteiger partial charge in [0.25, 0.3) is 0 Å². The van der Waals surface area contributed by atoms with Gasteiger partial charge in [-0.15, -0.1) is 0 Å². The predicted octanol–water partition coefficient (Wildman–Crippen LogP) is 4.49. The van der Waals surface area contributed by atoms with Crippen molar-refractivity contribution >= 4 is 23.2 Å². The first-order valence-corrected chi connectivity index (χ1v) is 7.22. The predicted molar refractivity (Wildman–Crippen MR) is 82.8 cm³/mol. The van der Waals surface area contributed by atoms with Crippen molar-refractivity contribution in [2.24, 2.45) is 11.7 Å². The normalized spacial score (nSPS) is 12.4. The Labute approximate surface area is 128 Å². The lowest BCUT2D eigenvalue weighted by atomic mass is 9.92. The maximum absolute atomic E-state index is 13.8. The molecule has 0 saturated heterocycles. The smallest absolute Gasteiger partial charge is 0.127 e. The van der Waals surface area contributed by atoms with Crippen LogP contribution in [0.15, 0.2) is 42.5 Å². The molecule has 106 valence electrons. The molecule has 0 heterocycles. The summed E-state index contributed by atoms with van der Waals surface area (Å²) in [5, 5.41) is 1.11. The highest BCUT2D eigenvalue weighted by Crippen LogP contribution is 2.20. The first-order valence-electron chi connectivity index (χ1n) is 6.47. The highest BCUT2D eigenvalue weighted by molar-refractivity contribution is 6.30. The Morgan fingerprint density at radius 1 is 1.00 bits per heavy atom.